The molecule has 1 aromatic heterocycles. The Morgan fingerprint density at radius 2 is 2.28 bits per heavy atom. The summed E-state index contributed by atoms with van der Waals surface area (Å²) >= 11 is 6.01. The molecular formula is C13H18ClN3O. The highest BCUT2D eigenvalue weighted by Crippen LogP contribution is 2.34. The fraction of sp³-hybridized carbons (Fsp3) is 0.538. The van der Waals surface area contributed by atoms with Gasteiger partial charge in [0.05, 0.1) is 10.4 Å². The number of nitrogens with one attached hydrogen (secondary N) is 2. The van der Waals surface area contributed by atoms with Gasteiger partial charge in [-0.1, -0.05) is 18.5 Å². The predicted molar refractivity (Wildman–Crippen MR) is 72.7 cm³/mol. The third kappa shape index (κ3) is 2.65. The van der Waals surface area contributed by atoms with Gasteiger partial charge in [0, 0.05) is 6.20 Å². The zero-order valence-electron chi connectivity index (χ0n) is 10.5. The lowest BCUT2D eigenvalue weighted by molar-refractivity contribution is -0.127. The maximum atomic E-state index is 12.4. The summed E-state index contributed by atoms with van der Waals surface area (Å²) in [6.07, 6.45) is 4.19. The highest BCUT2D eigenvalue weighted by molar-refractivity contribution is 6.33. The van der Waals surface area contributed by atoms with Gasteiger partial charge in [-0.25, -0.2) is 4.98 Å². The van der Waals surface area contributed by atoms with Crippen LogP contribution < -0.4 is 10.6 Å². The Hall–Kier alpha value is -1.13. The van der Waals surface area contributed by atoms with Crippen LogP contribution in [0, 0.1) is 5.41 Å². The van der Waals surface area contributed by atoms with E-state index in [1.54, 1.807) is 18.3 Å². The standard InChI is InChI=1S/C13H18ClN3O/c1-2-13(5-8-15-9-6-13)12(18)17-11-10(14)4-3-7-16-11/h3-4,7,15H,2,5-6,8-9H2,1H3,(H,16,17,18). The average molecular weight is 268 g/mol. The zero-order valence-corrected chi connectivity index (χ0v) is 11.3. The van der Waals surface area contributed by atoms with Gasteiger partial charge >= 0.3 is 0 Å². The second-order valence-corrected chi connectivity index (χ2v) is 5.08. The van der Waals surface area contributed by atoms with Crippen LogP contribution in [0.4, 0.5) is 5.82 Å². The molecule has 0 aliphatic carbocycles. The number of amides is 1. The van der Waals surface area contributed by atoms with Gasteiger partial charge in [0.15, 0.2) is 5.82 Å². The van der Waals surface area contributed by atoms with Crippen LogP contribution in [0.3, 0.4) is 0 Å². The summed E-state index contributed by atoms with van der Waals surface area (Å²) in [6, 6.07) is 3.48. The molecule has 2 heterocycles. The monoisotopic (exact) mass is 267 g/mol. The number of rotatable bonds is 3. The Kier molecular flexibility index (Phi) is 4.19. The number of piperidine rings is 1. The lowest BCUT2D eigenvalue weighted by atomic mass is 9.76. The van der Waals surface area contributed by atoms with Crippen molar-refractivity contribution in [3.05, 3.63) is 23.4 Å². The van der Waals surface area contributed by atoms with Crippen molar-refractivity contribution in [2.45, 2.75) is 26.2 Å². The minimum Gasteiger partial charge on any atom is -0.317 e. The molecule has 0 saturated carbocycles. The van der Waals surface area contributed by atoms with Crippen molar-refractivity contribution in [2.75, 3.05) is 18.4 Å². The van der Waals surface area contributed by atoms with Crippen LogP contribution in [0.1, 0.15) is 26.2 Å². The molecule has 4 nitrogen and oxygen atoms in total. The first-order chi connectivity index (χ1) is 8.68. The molecule has 0 spiro atoms. The van der Waals surface area contributed by atoms with Crippen LogP contribution in [0.5, 0.6) is 0 Å². The number of halogens is 1. The van der Waals surface area contributed by atoms with Crippen LogP contribution in [-0.4, -0.2) is 24.0 Å². The van der Waals surface area contributed by atoms with Crippen molar-refractivity contribution in [1.82, 2.24) is 10.3 Å². The Morgan fingerprint density at radius 3 is 2.89 bits per heavy atom. The Balaban J connectivity index is 2.13. The van der Waals surface area contributed by atoms with E-state index in [2.05, 4.69) is 22.5 Å². The molecule has 1 saturated heterocycles. The molecule has 0 bridgehead atoms. The zero-order chi connectivity index (χ0) is 13.0. The van der Waals surface area contributed by atoms with Crippen molar-refractivity contribution in [3.8, 4) is 0 Å². The molecule has 1 fully saturated rings. The molecule has 0 radical (unpaired) electrons. The van der Waals surface area contributed by atoms with Crippen molar-refractivity contribution in [2.24, 2.45) is 5.41 Å². The van der Waals surface area contributed by atoms with Gasteiger partial charge in [-0.05, 0) is 44.5 Å². The van der Waals surface area contributed by atoms with Crippen LogP contribution in [0.15, 0.2) is 18.3 Å². The molecule has 98 valence electrons. The van der Waals surface area contributed by atoms with E-state index in [-0.39, 0.29) is 11.3 Å². The topological polar surface area (TPSA) is 54.0 Å². The number of pyridine rings is 1. The number of hydrogen-bond acceptors (Lipinski definition) is 3. The van der Waals surface area contributed by atoms with E-state index in [1.807, 2.05) is 0 Å². The van der Waals surface area contributed by atoms with Gasteiger partial charge in [0.25, 0.3) is 0 Å². The van der Waals surface area contributed by atoms with Gasteiger partial charge in [-0.2, -0.15) is 0 Å². The Morgan fingerprint density at radius 1 is 1.56 bits per heavy atom. The summed E-state index contributed by atoms with van der Waals surface area (Å²) in [6.45, 7) is 3.83. The fourth-order valence-corrected chi connectivity index (χ4v) is 2.53. The van der Waals surface area contributed by atoms with E-state index in [4.69, 9.17) is 11.6 Å². The van der Waals surface area contributed by atoms with E-state index in [1.165, 1.54) is 0 Å². The van der Waals surface area contributed by atoms with Gasteiger partial charge in [-0.15, -0.1) is 0 Å². The smallest absolute Gasteiger partial charge is 0.231 e. The number of anilines is 1. The first kappa shape index (κ1) is 13.3. The third-order valence-corrected chi connectivity index (χ3v) is 4.01. The largest absolute Gasteiger partial charge is 0.317 e. The van der Waals surface area contributed by atoms with Crippen molar-refractivity contribution >= 4 is 23.3 Å². The Labute approximate surface area is 112 Å². The summed E-state index contributed by atoms with van der Waals surface area (Å²) in [5, 5.41) is 6.62. The summed E-state index contributed by atoms with van der Waals surface area (Å²) in [5.41, 5.74) is -0.286. The summed E-state index contributed by atoms with van der Waals surface area (Å²) in [4.78, 5) is 16.5. The van der Waals surface area contributed by atoms with Crippen LogP contribution in [0.2, 0.25) is 5.02 Å². The number of carbonyl (C=O) groups is 1. The van der Waals surface area contributed by atoms with Gasteiger partial charge < -0.3 is 10.6 Å². The fourth-order valence-electron chi connectivity index (χ4n) is 2.36. The van der Waals surface area contributed by atoms with E-state index in [0.717, 1.165) is 32.4 Å². The second-order valence-electron chi connectivity index (χ2n) is 4.67. The van der Waals surface area contributed by atoms with Gasteiger partial charge in [0.2, 0.25) is 5.91 Å². The number of hydrogen-bond donors (Lipinski definition) is 2. The van der Waals surface area contributed by atoms with Crippen molar-refractivity contribution in [1.29, 1.82) is 0 Å². The molecule has 0 unspecified atom stereocenters. The summed E-state index contributed by atoms with van der Waals surface area (Å²) < 4.78 is 0. The van der Waals surface area contributed by atoms with Crippen molar-refractivity contribution in [3.63, 3.8) is 0 Å². The first-order valence-electron chi connectivity index (χ1n) is 6.31. The maximum absolute atomic E-state index is 12.4. The minimum atomic E-state index is -0.286. The molecule has 5 heteroatoms. The maximum Gasteiger partial charge on any atom is 0.231 e. The van der Waals surface area contributed by atoms with Crippen LogP contribution in [0.25, 0.3) is 0 Å². The van der Waals surface area contributed by atoms with Crippen LogP contribution >= 0.6 is 11.6 Å². The molecular weight excluding hydrogens is 250 g/mol. The highest BCUT2D eigenvalue weighted by Gasteiger charge is 2.38. The lowest BCUT2D eigenvalue weighted by Crippen LogP contribution is -2.44. The molecule has 1 aliphatic rings. The van der Waals surface area contributed by atoms with E-state index < -0.39 is 0 Å². The minimum absolute atomic E-state index is 0.0344. The Bertz CT molecular complexity index is 430. The SMILES string of the molecule is CCC1(C(=O)Nc2ncccc2Cl)CCNCC1. The third-order valence-electron chi connectivity index (χ3n) is 3.71. The summed E-state index contributed by atoms with van der Waals surface area (Å²) in [7, 11) is 0. The summed E-state index contributed by atoms with van der Waals surface area (Å²) in [5.74, 6) is 0.489. The van der Waals surface area contributed by atoms with E-state index in [0.29, 0.717) is 10.8 Å². The quantitative estimate of drug-likeness (QED) is 0.885. The molecule has 2 rings (SSSR count). The predicted octanol–water partition coefficient (Wildman–Crippen LogP) is 2.45. The molecule has 0 aromatic carbocycles. The number of aromatic nitrogens is 1. The molecule has 2 N–H and O–H groups in total. The molecule has 1 aromatic rings. The highest BCUT2D eigenvalue weighted by atomic mass is 35.5. The number of nitrogens with zero attached hydrogens (tertiary/aromatic N) is 1. The molecule has 18 heavy (non-hydrogen) atoms. The normalized spacial score (nSPS) is 18.3. The van der Waals surface area contributed by atoms with Gasteiger partial charge in [-0.3, -0.25) is 4.79 Å². The van der Waals surface area contributed by atoms with Gasteiger partial charge in [0.1, 0.15) is 0 Å². The lowest BCUT2D eigenvalue weighted by Gasteiger charge is -2.35. The van der Waals surface area contributed by atoms with Crippen LogP contribution in [-0.2, 0) is 4.79 Å². The van der Waals surface area contributed by atoms with Crippen molar-refractivity contribution < 1.29 is 4.79 Å². The second kappa shape index (κ2) is 5.67. The average Bonchev–Trinajstić information content (AvgIpc) is 2.42. The molecule has 0 atom stereocenters. The molecule has 1 aliphatic heterocycles. The van der Waals surface area contributed by atoms with E-state index in [9.17, 15) is 4.79 Å². The first-order valence-corrected chi connectivity index (χ1v) is 6.68. The molecule has 1 amide bonds. The number of carbonyl (C=O) groups excluding carboxylic acids is 1. The van der Waals surface area contributed by atoms with E-state index >= 15 is 0 Å².